The number of ether oxygens (including phenoxy) is 3. The van der Waals surface area contributed by atoms with Crippen LogP contribution in [0.25, 0.3) is 0 Å². The van der Waals surface area contributed by atoms with E-state index in [1.165, 1.54) is 0 Å². The lowest BCUT2D eigenvalue weighted by molar-refractivity contribution is -0.472. The molecule has 0 saturated carbocycles. The highest BCUT2D eigenvalue weighted by Gasteiger charge is 2.75. The van der Waals surface area contributed by atoms with Crippen LogP contribution in [0.3, 0.4) is 0 Å². The first-order valence-electron chi connectivity index (χ1n) is 7.95. The summed E-state index contributed by atoms with van der Waals surface area (Å²) in [5.41, 5.74) is 0. The van der Waals surface area contributed by atoms with E-state index in [2.05, 4.69) is 14.2 Å². The fraction of sp³-hybridized carbons (Fsp3) is 1.00. The van der Waals surface area contributed by atoms with Gasteiger partial charge in [0.05, 0.1) is 7.18 Å². The highest BCUT2D eigenvalue weighted by Crippen LogP contribution is 2.49. The van der Waals surface area contributed by atoms with Crippen LogP contribution in [0.4, 0.5) is 70.2 Å². The zero-order valence-corrected chi connectivity index (χ0v) is 16.9. The van der Waals surface area contributed by atoms with E-state index in [0.717, 1.165) is 6.92 Å². The molecule has 0 bridgehead atoms. The highest BCUT2D eigenvalue weighted by atomic mass is 19.4. The van der Waals surface area contributed by atoms with E-state index in [4.69, 9.17) is 0 Å². The predicted octanol–water partition coefficient (Wildman–Crippen LogP) is 8.53. The Morgan fingerprint density at radius 2 is 0.971 bits per heavy atom. The van der Waals surface area contributed by atoms with Gasteiger partial charge in [0.2, 0.25) is 0 Å². The highest BCUT2D eigenvalue weighted by molar-refractivity contribution is 4.94. The molecular formula is C16H26F16O3. The Kier molecular flexibility index (Phi) is 18.9. The average molecular weight is 570 g/mol. The molecule has 3 nitrogen and oxygen atoms in total. The molecule has 1 unspecified atom stereocenters. The van der Waals surface area contributed by atoms with Gasteiger partial charge in [0.25, 0.3) is 0 Å². The monoisotopic (exact) mass is 570 g/mol. The van der Waals surface area contributed by atoms with Gasteiger partial charge in [0.1, 0.15) is 0 Å². The van der Waals surface area contributed by atoms with E-state index in [9.17, 15) is 70.2 Å². The van der Waals surface area contributed by atoms with Crippen molar-refractivity contribution in [3.8, 4) is 0 Å². The van der Waals surface area contributed by atoms with Crippen molar-refractivity contribution in [2.75, 3.05) is 20.6 Å². The Labute approximate surface area is 190 Å². The number of hydrogen-bond acceptors (Lipinski definition) is 3. The topological polar surface area (TPSA) is 27.7 Å². The van der Waals surface area contributed by atoms with Crippen molar-refractivity contribution in [2.45, 2.75) is 84.2 Å². The average Bonchev–Trinajstić information content (AvgIpc) is 2.59. The van der Waals surface area contributed by atoms with Gasteiger partial charge in [-0.15, -0.1) is 13.2 Å². The molecule has 0 aromatic carbocycles. The van der Waals surface area contributed by atoms with E-state index < -0.39 is 69.0 Å². The lowest BCUT2D eigenvalue weighted by Crippen LogP contribution is -2.60. The van der Waals surface area contributed by atoms with Gasteiger partial charge in [-0.25, -0.2) is 26.7 Å². The third kappa shape index (κ3) is 11.6. The van der Waals surface area contributed by atoms with Crippen molar-refractivity contribution in [1.29, 1.82) is 0 Å². The molecule has 0 aliphatic heterocycles. The standard InChI is InChI=1S/C7H8F8O.C6H7F7O2.CH3F.2CH4/c1-3-5(10,11)6(12,4(2,8)9)16-7(13,14)15;1-2-14-4(15-3-7,5(8,9)10)6(11,12)13;1-2;;/h3H2,1-2H3;2-3H2,1H3;1H3;2*1H4. The summed E-state index contributed by atoms with van der Waals surface area (Å²) in [5, 5.41) is 0. The second-order valence-corrected chi connectivity index (χ2v) is 5.39. The summed E-state index contributed by atoms with van der Waals surface area (Å²) >= 11 is 0. The lowest BCUT2D eigenvalue weighted by atomic mass is 10.0. The molecular weight excluding hydrogens is 544 g/mol. The fourth-order valence-electron chi connectivity index (χ4n) is 1.68. The summed E-state index contributed by atoms with van der Waals surface area (Å²) in [6.45, 7) is -2.16. The van der Waals surface area contributed by atoms with Gasteiger partial charge >= 0.3 is 42.2 Å². The second-order valence-electron chi connectivity index (χ2n) is 5.39. The van der Waals surface area contributed by atoms with Crippen LogP contribution >= 0.6 is 0 Å². The van der Waals surface area contributed by atoms with E-state index in [-0.39, 0.29) is 14.9 Å². The van der Waals surface area contributed by atoms with Crippen molar-refractivity contribution in [3.05, 3.63) is 0 Å². The maximum absolute atomic E-state index is 13.1. The van der Waals surface area contributed by atoms with Crippen LogP contribution in [0.15, 0.2) is 0 Å². The smallest absolute Gasteiger partial charge is 0.336 e. The molecule has 220 valence electrons. The number of alkyl halides is 16. The van der Waals surface area contributed by atoms with Gasteiger partial charge < -0.3 is 9.47 Å². The number of hydrogen-bond donors (Lipinski definition) is 0. The number of halogens is 16. The third-order valence-corrected chi connectivity index (χ3v) is 3.09. The first-order chi connectivity index (χ1) is 14.4. The Bertz CT molecular complexity index is 517. The molecule has 0 fully saturated rings. The molecule has 0 aromatic rings. The minimum atomic E-state index is -5.94. The van der Waals surface area contributed by atoms with E-state index >= 15 is 0 Å². The quantitative estimate of drug-likeness (QED) is 0.216. The van der Waals surface area contributed by atoms with Crippen LogP contribution < -0.4 is 0 Å². The summed E-state index contributed by atoms with van der Waals surface area (Å²) in [7, 11) is 0.500. The van der Waals surface area contributed by atoms with Crippen molar-refractivity contribution < 1.29 is 84.5 Å². The molecule has 0 aromatic heterocycles. The van der Waals surface area contributed by atoms with Crippen LogP contribution in [0.5, 0.6) is 0 Å². The molecule has 35 heavy (non-hydrogen) atoms. The summed E-state index contributed by atoms with van der Waals surface area (Å²) in [6, 6.07) is 0. The molecule has 0 heterocycles. The van der Waals surface area contributed by atoms with Crippen LogP contribution in [-0.4, -0.2) is 62.8 Å². The van der Waals surface area contributed by atoms with Gasteiger partial charge in [0.15, 0.2) is 6.86 Å². The molecule has 1 atom stereocenters. The molecule has 0 saturated heterocycles. The van der Waals surface area contributed by atoms with Crippen molar-refractivity contribution in [2.24, 2.45) is 0 Å². The van der Waals surface area contributed by atoms with E-state index in [1.54, 1.807) is 0 Å². The van der Waals surface area contributed by atoms with Gasteiger partial charge in [-0.05, 0) is 6.92 Å². The van der Waals surface area contributed by atoms with Gasteiger partial charge in [-0.2, -0.15) is 30.7 Å². The maximum Gasteiger partial charge on any atom is 0.525 e. The molecule has 0 radical (unpaired) electrons. The Balaban J connectivity index is -0.000000152. The normalized spacial score (nSPS) is 14.7. The van der Waals surface area contributed by atoms with Gasteiger partial charge in [0, 0.05) is 20.0 Å². The molecule has 0 aliphatic rings. The van der Waals surface area contributed by atoms with Crippen LogP contribution in [0.1, 0.15) is 42.0 Å². The Hall–Kier alpha value is -1.24. The maximum atomic E-state index is 13.1. The summed E-state index contributed by atoms with van der Waals surface area (Å²) in [4.78, 5) is 0. The van der Waals surface area contributed by atoms with Crippen LogP contribution in [-0.2, 0) is 14.2 Å². The lowest BCUT2D eigenvalue weighted by Gasteiger charge is -2.36. The van der Waals surface area contributed by atoms with E-state index in [1.807, 2.05) is 0 Å². The van der Waals surface area contributed by atoms with Crippen molar-refractivity contribution in [1.82, 2.24) is 0 Å². The molecule has 0 amide bonds. The van der Waals surface area contributed by atoms with Crippen molar-refractivity contribution in [3.63, 3.8) is 0 Å². The Morgan fingerprint density at radius 1 is 0.629 bits per heavy atom. The molecule has 0 spiro atoms. The summed E-state index contributed by atoms with van der Waals surface area (Å²) < 4.78 is 201. The molecule has 0 N–H and O–H groups in total. The second kappa shape index (κ2) is 15.1. The summed E-state index contributed by atoms with van der Waals surface area (Å²) in [5.74, 6) is -20.3. The minimum Gasteiger partial charge on any atom is -0.336 e. The molecule has 19 heteroatoms. The minimum absolute atomic E-state index is 0. The fourth-order valence-corrected chi connectivity index (χ4v) is 1.68. The third-order valence-electron chi connectivity index (χ3n) is 3.09. The van der Waals surface area contributed by atoms with Crippen LogP contribution in [0, 0.1) is 0 Å². The number of rotatable bonds is 8. The Morgan fingerprint density at radius 3 is 1.14 bits per heavy atom. The SMILES string of the molecule is C.C.CCC(F)(F)C(F)(OC(F)(F)F)C(C)(F)F.CCOC(OCF)(C(F)(F)F)C(F)(F)F.CF. The zero-order valence-electron chi connectivity index (χ0n) is 16.9. The van der Waals surface area contributed by atoms with E-state index in [0.29, 0.717) is 14.1 Å². The van der Waals surface area contributed by atoms with Crippen molar-refractivity contribution >= 4 is 0 Å². The molecule has 0 aliphatic carbocycles. The zero-order chi connectivity index (χ0) is 27.7. The van der Waals surface area contributed by atoms with Gasteiger partial charge in [-0.1, -0.05) is 21.8 Å². The largest absolute Gasteiger partial charge is 0.525 e. The summed E-state index contributed by atoms with van der Waals surface area (Å²) in [6.07, 6.45) is -19.3. The molecule has 0 rings (SSSR count). The van der Waals surface area contributed by atoms with Gasteiger partial charge in [-0.3, -0.25) is 4.39 Å². The first kappa shape index (κ1) is 43.8. The first-order valence-corrected chi connectivity index (χ1v) is 7.95. The predicted molar refractivity (Wildman–Crippen MR) is 90.9 cm³/mol. The van der Waals surface area contributed by atoms with Crippen LogP contribution in [0.2, 0.25) is 0 Å².